The molecule has 6 heteroatoms. The van der Waals surface area contributed by atoms with Crippen molar-refractivity contribution in [2.75, 3.05) is 7.11 Å². The summed E-state index contributed by atoms with van der Waals surface area (Å²) in [5.74, 6) is 2.23. The highest BCUT2D eigenvalue weighted by atomic mass is 16.5. The largest absolute Gasteiger partial charge is 0.493 e. The molecule has 0 saturated heterocycles. The number of rotatable bonds is 6. The maximum atomic E-state index is 13.4. The van der Waals surface area contributed by atoms with E-state index in [2.05, 4.69) is 5.10 Å². The third kappa shape index (κ3) is 4.48. The fourth-order valence-electron chi connectivity index (χ4n) is 4.15. The predicted octanol–water partition coefficient (Wildman–Crippen LogP) is 5.12. The van der Waals surface area contributed by atoms with Crippen molar-refractivity contribution < 1.29 is 9.47 Å². The molecule has 4 rings (SSSR count). The Morgan fingerprint density at radius 3 is 2.61 bits per heavy atom. The molecule has 1 fully saturated rings. The molecular formula is C25H29N3O3. The molecule has 31 heavy (non-hydrogen) atoms. The Kier molecular flexibility index (Phi) is 6.35. The van der Waals surface area contributed by atoms with Crippen molar-refractivity contribution in [1.82, 2.24) is 9.66 Å². The van der Waals surface area contributed by atoms with E-state index in [9.17, 15) is 4.79 Å². The van der Waals surface area contributed by atoms with Gasteiger partial charge in [0.2, 0.25) is 0 Å². The van der Waals surface area contributed by atoms with Gasteiger partial charge >= 0.3 is 0 Å². The number of para-hydroxylation sites is 2. The molecule has 6 nitrogen and oxygen atoms in total. The van der Waals surface area contributed by atoms with Crippen molar-refractivity contribution >= 4 is 17.1 Å². The van der Waals surface area contributed by atoms with E-state index in [0.29, 0.717) is 16.9 Å². The van der Waals surface area contributed by atoms with Crippen molar-refractivity contribution in [3.63, 3.8) is 0 Å². The van der Waals surface area contributed by atoms with Crippen LogP contribution in [0, 0.1) is 0 Å². The van der Waals surface area contributed by atoms with Crippen LogP contribution < -0.4 is 15.0 Å². The normalized spacial score (nSPS) is 15.1. The number of aromatic nitrogens is 2. The standard InChI is InChI=1S/C25H29N3O3/c1-17(2)31-23-19(12-9-15-22(23)30-3)16-26-28-24(18-10-5-4-6-11-18)27-21-14-8-7-13-20(21)25(28)29/h7-9,12-18H,4-6,10-11H2,1-3H3. The molecule has 0 radical (unpaired) electrons. The average molecular weight is 420 g/mol. The van der Waals surface area contributed by atoms with E-state index in [0.717, 1.165) is 42.6 Å². The van der Waals surface area contributed by atoms with Gasteiger partial charge in [-0.1, -0.05) is 37.5 Å². The first-order valence-corrected chi connectivity index (χ1v) is 11.0. The molecule has 0 spiro atoms. The van der Waals surface area contributed by atoms with Crippen LogP contribution in [0.2, 0.25) is 0 Å². The lowest BCUT2D eigenvalue weighted by atomic mass is 9.88. The summed E-state index contributed by atoms with van der Waals surface area (Å²) in [4.78, 5) is 18.2. The summed E-state index contributed by atoms with van der Waals surface area (Å²) in [5.41, 5.74) is 1.34. The zero-order valence-corrected chi connectivity index (χ0v) is 18.4. The Labute approximate surface area is 182 Å². The van der Waals surface area contributed by atoms with Crippen LogP contribution >= 0.6 is 0 Å². The molecule has 0 atom stereocenters. The van der Waals surface area contributed by atoms with Gasteiger partial charge in [-0.2, -0.15) is 9.78 Å². The number of methoxy groups -OCH3 is 1. The van der Waals surface area contributed by atoms with E-state index in [4.69, 9.17) is 14.5 Å². The van der Waals surface area contributed by atoms with Gasteiger partial charge in [0, 0.05) is 11.5 Å². The van der Waals surface area contributed by atoms with Crippen LogP contribution in [0.3, 0.4) is 0 Å². The molecule has 1 aliphatic rings. The van der Waals surface area contributed by atoms with E-state index < -0.39 is 0 Å². The van der Waals surface area contributed by atoms with Crippen LogP contribution in [0.5, 0.6) is 11.5 Å². The highest BCUT2D eigenvalue weighted by molar-refractivity contribution is 5.85. The Morgan fingerprint density at radius 2 is 1.87 bits per heavy atom. The second-order valence-corrected chi connectivity index (χ2v) is 8.23. The minimum atomic E-state index is -0.142. The fraction of sp³-hybridized carbons (Fsp3) is 0.400. The number of hydrogen-bond acceptors (Lipinski definition) is 5. The Balaban J connectivity index is 1.84. The number of fused-ring (bicyclic) bond motifs is 1. The summed E-state index contributed by atoms with van der Waals surface area (Å²) in [6.07, 6.45) is 7.24. The van der Waals surface area contributed by atoms with E-state index in [1.54, 1.807) is 19.4 Å². The second-order valence-electron chi connectivity index (χ2n) is 8.23. The summed E-state index contributed by atoms with van der Waals surface area (Å²) in [7, 11) is 1.61. The maximum Gasteiger partial charge on any atom is 0.282 e. The third-order valence-corrected chi connectivity index (χ3v) is 5.64. The SMILES string of the molecule is COc1cccc(C=Nn2c(C3CCCCC3)nc3ccccc3c2=O)c1OC(C)C. The van der Waals surface area contributed by atoms with Crippen LogP contribution in [-0.4, -0.2) is 29.1 Å². The fourth-order valence-corrected chi connectivity index (χ4v) is 4.15. The van der Waals surface area contributed by atoms with E-state index in [1.807, 2.05) is 50.2 Å². The third-order valence-electron chi connectivity index (χ3n) is 5.64. The van der Waals surface area contributed by atoms with Crippen molar-refractivity contribution in [3.8, 4) is 11.5 Å². The highest BCUT2D eigenvalue weighted by Gasteiger charge is 2.22. The minimum absolute atomic E-state index is 0.0219. The number of ether oxygens (including phenoxy) is 2. The monoisotopic (exact) mass is 419 g/mol. The molecule has 1 aromatic heterocycles. The van der Waals surface area contributed by atoms with Crippen LogP contribution in [0.15, 0.2) is 52.4 Å². The van der Waals surface area contributed by atoms with Gasteiger partial charge in [0.05, 0.1) is 30.3 Å². The maximum absolute atomic E-state index is 13.4. The van der Waals surface area contributed by atoms with Crippen molar-refractivity contribution in [2.45, 2.75) is 58.0 Å². The molecule has 0 unspecified atom stereocenters. The first-order chi connectivity index (χ1) is 15.1. The van der Waals surface area contributed by atoms with Crippen LogP contribution in [-0.2, 0) is 0 Å². The molecule has 3 aromatic rings. The topological polar surface area (TPSA) is 65.7 Å². The van der Waals surface area contributed by atoms with E-state index >= 15 is 0 Å². The quantitative estimate of drug-likeness (QED) is 0.520. The molecule has 0 amide bonds. The summed E-state index contributed by atoms with van der Waals surface area (Å²) in [5, 5.41) is 5.20. The van der Waals surface area contributed by atoms with Gasteiger partial charge in [0.15, 0.2) is 11.5 Å². The van der Waals surface area contributed by atoms with Gasteiger partial charge in [0.1, 0.15) is 5.82 Å². The van der Waals surface area contributed by atoms with E-state index in [-0.39, 0.29) is 17.6 Å². The lowest BCUT2D eigenvalue weighted by Gasteiger charge is -2.22. The van der Waals surface area contributed by atoms with E-state index in [1.165, 1.54) is 11.1 Å². The zero-order valence-electron chi connectivity index (χ0n) is 18.4. The number of benzene rings is 2. The van der Waals surface area contributed by atoms with Crippen LogP contribution in [0.4, 0.5) is 0 Å². The van der Waals surface area contributed by atoms with Gasteiger partial charge in [0.25, 0.3) is 5.56 Å². The predicted molar refractivity (Wildman–Crippen MR) is 124 cm³/mol. The first-order valence-electron chi connectivity index (χ1n) is 11.0. The lowest BCUT2D eigenvalue weighted by Crippen LogP contribution is -2.25. The van der Waals surface area contributed by atoms with Crippen molar-refractivity contribution in [1.29, 1.82) is 0 Å². The minimum Gasteiger partial charge on any atom is -0.493 e. The molecule has 1 aliphatic carbocycles. The van der Waals surface area contributed by atoms with Gasteiger partial charge in [-0.05, 0) is 51.0 Å². The first kappa shape index (κ1) is 21.1. The molecule has 1 saturated carbocycles. The molecule has 0 aliphatic heterocycles. The summed E-state index contributed by atoms with van der Waals surface area (Å²) < 4.78 is 12.9. The van der Waals surface area contributed by atoms with Gasteiger partial charge in [-0.25, -0.2) is 4.98 Å². The van der Waals surface area contributed by atoms with Crippen molar-refractivity contribution in [3.05, 3.63) is 64.2 Å². The average Bonchev–Trinajstić information content (AvgIpc) is 2.79. The molecule has 0 bridgehead atoms. The molecule has 0 N–H and O–H groups in total. The molecule has 162 valence electrons. The smallest absolute Gasteiger partial charge is 0.282 e. The second kappa shape index (κ2) is 9.33. The Morgan fingerprint density at radius 1 is 1.10 bits per heavy atom. The molecule has 2 aromatic carbocycles. The van der Waals surface area contributed by atoms with Crippen LogP contribution in [0.25, 0.3) is 10.9 Å². The van der Waals surface area contributed by atoms with Crippen LogP contribution in [0.1, 0.15) is 63.3 Å². The summed E-state index contributed by atoms with van der Waals surface area (Å²) in [6.45, 7) is 3.93. The Hall–Kier alpha value is -3.15. The molecule has 1 heterocycles. The highest BCUT2D eigenvalue weighted by Crippen LogP contribution is 2.33. The number of hydrogen-bond donors (Lipinski definition) is 0. The summed E-state index contributed by atoms with van der Waals surface area (Å²) in [6, 6.07) is 13.1. The van der Waals surface area contributed by atoms with Gasteiger partial charge in [-0.3, -0.25) is 4.79 Å². The molecular weight excluding hydrogens is 390 g/mol. The van der Waals surface area contributed by atoms with Gasteiger partial charge < -0.3 is 9.47 Å². The lowest BCUT2D eigenvalue weighted by molar-refractivity contribution is 0.230. The Bertz CT molecular complexity index is 1140. The number of nitrogens with zero attached hydrogens (tertiary/aromatic N) is 3. The zero-order chi connectivity index (χ0) is 21.8. The van der Waals surface area contributed by atoms with Gasteiger partial charge in [-0.15, -0.1) is 0 Å². The van der Waals surface area contributed by atoms with Crippen molar-refractivity contribution in [2.24, 2.45) is 5.10 Å². The summed E-state index contributed by atoms with van der Waals surface area (Å²) >= 11 is 0.